The summed E-state index contributed by atoms with van der Waals surface area (Å²) < 4.78 is 7.47. The average molecular weight is 430 g/mol. The number of ether oxygens (including phenoxy) is 1. The number of hydrogen-bond donors (Lipinski definition) is 2. The van der Waals surface area contributed by atoms with Gasteiger partial charge in [0.1, 0.15) is 5.02 Å². The van der Waals surface area contributed by atoms with Gasteiger partial charge in [0, 0.05) is 37.1 Å². The Balaban J connectivity index is 1.44. The van der Waals surface area contributed by atoms with Gasteiger partial charge in [-0.1, -0.05) is 11.6 Å². The predicted molar refractivity (Wildman–Crippen MR) is 113 cm³/mol. The molecular weight excluding hydrogens is 406 g/mol. The molecule has 158 valence electrons. The van der Waals surface area contributed by atoms with E-state index in [1.165, 1.54) is 12.8 Å². The number of halogens is 1. The van der Waals surface area contributed by atoms with Gasteiger partial charge in [0.15, 0.2) is 0 Å². The molecule has 3 heterocycles. The summed E-state index contributed by atoms with van der Waals surface area (Å²) in [5.74, 6) is 0.976. The Bertz CT molecular complexity index is 1030. The van der Waals surface area contributed by atoms with Crippen molar-refractivity contribution >= 4 is 28.4 Å². The van der Waals surface area contributed by atoms with Gasteiger partial charge in [0.25, 0.3) is 0 Å². The zero-order chi connectivity index (χ0) is 20.9. The van der Waals surface area contributed by atoms with Gasteiger partial charge in [-0.2, -0.15) is 5.10 Å². The van der Waals surface area contributed by atoms with Crippen molar-refractivity contribution in [2.24, 2.45) is 5.92 Å². The Hall–Kier alpha value is -2.71. The first-order chi connectivity index (χ1) is 14.6. The van der Waals surface area contributed by atoms with Crippen molar-refractivity contribution in [2.45, 2.75) is 32.2 Å². The minimum atomic E-state index is -0.131. The van der Waals surface area contributed by atoms with E-state index in [9.17, 15) is 4.79 Å². The number of aromatic nitrogens is 4. The fraction of sp³-hybridized carbons (Fsp3) is 0.429. The summed E-state index contributed by atoms with van der Waals surface area (Å²) in [6.45, 7) is 1.65. The molecule has 0 bridgehead atoms. The molecule has 1 aliphatic rings. The molecule has 0 aromatic carbocycles. The SMILES string of the molecule is O=C(Cc1nccc2nn(Cc3cnc(OCC4CC4)c(Cl)c3)cc12)NCCCO. The van der Waals surface area contributed by atoms with E-state index in [0.717, 1.165) is 16.5 Å². The minimum Gasteiger partial charge on any atom is -0.476 e. The molecule has 0 unspecified atom stereocenters. The standard InChI is InChI=1S/C21H24ClN5O3/c22-17-8-15(10-25-21(17)30-13-14-2-3-14)11-27-12-16-18(26-27)4-6-23-19(16)9-20(29)24-5-1-7-28/h4,6,8,10,12,14,28H,1-3,5,7,9,11,13H2,(H,24,29). The lowest BCUT2D eigenvalue weighted by Gasteiger charge is -2.08. The van der Waals surface area contributed by atoms with E-state index in [1.54, 1.807) is 17.1 Å². The third-order valence-corrected chi connectivity index (χ3v) is 5.18. The molecule has 1 fully saturated rings. The van der Waals surface area contributed by atoms with E-state index in [-0.39, 0.29) is 18.9 Å². The number of pyridine rings is 2. The van der Waals surface area contributed by atoms with Crippen LogP contribution in [0.2, 0.25) is 5.02 Å². The van der Waals surface area contributed by atoms with E-state index in [1.807, 2.05) is 18.3 Å². The van der Waals surface area contributed by atoms with Crippen molar-refractivity contribution in [3.63, 3.8) is 0 Å². The number of nitrogens with zero attached hydrogens (tertiary/aromatic N) is 4. The summed E-state index contributed by atoms with van der Waals surface area (Å²) in [6.07, 6.45) is 8.39. The smallest absolute Gasteiger partial charge is 0.232 e. The highest BCUT2D eigenvalue weighted by atomic mass is 35.5. The van der Waals surface area contributed by atoms with Crippen molar-refractivity contribution < 1.29 is 14.6 Å². The van der Waals surface area contributed by atoms with Crippen molar-refractivity contribution in [3.05, 3.63) is 47.0 Å². The van der Waals surface area contributed by atoms with E-state index < -0.39 is 0 Å². The van der Waals surface area contributed by atoms with Gasteiger partial charge in [-0.3, -0.25) is 14.5 Å². The highest BCUT2D eigenvalue weighted by Crippen LogP contribution is 2.31. The van der Waals surface area contributed by atoms with Crippen LogP contribution in [-0.4, -0.2) is 50.5 Å². The molecule has 30 heavy (non-hydrogen) atoms. The van der Waals surface area contributed by atoms with Crippen molar-refractivity contribution in [1.29, 1.82) is 0 Å². The van der Waals surface area contributed by atoms with Crippen LogP contribution in [0.25, 0.3) is 10.9 Å². The van der Waals surface area contributed by atoms with Crippen LogP contribution in [0.1, 0.15) is 30.5 Å². The van der Waals surface area contributed by atoms with Crippen LogP contribution >= 0.6 is 11.6 Å². The van der Waals surface area contributed by atoms with Crippen molar-refractivity contribution in [1.82, 2.24) is 25.1 Å². The molecule has 0 atom stereocenters. The molecule has 2 N–H and O–H groups in total. The summed E-state index contributed by atoms with van der Waals surface area (Å²) in [7, 11) is 0. The number of rotatable bonds is 10. The number of aliphatic hydroxyl groups excluding tert-OH is 1. The molecule has 0 radical (unpaired) electrons. The Morgan fingerprint density at radius 2 is 2.23 bits per heavy atom. The Morgan fingerprint density at radius 1 is 1.37 bits per heavy atom. The van der Waals surface area contributed by atoms with Gasteiger partial charge in [0.2, 0.25) is 11.8 Å². The maximum Gasteiger partial charge on any atom is 0.232 e. The fourth-order valence-electron chi connectivity index (χ4n) is 3.12. The summed E-state index contributed by atoms with van der Waals surface area (Å²) in [4.78, 5) is 20.8. The first-order valence-electron chi connectivity index (χ1n) is 10.1. The molecule has 3 aromatic rings. The summed E-state index contributed by atoms with van der Waals surface area (Å²) in [5, 5.41) is 17.5. The molecule has 0 saturated heterocycles. The lowest BCUT2D eigenvalue weighted by atomic mass is 10.2. The maximum absolute atomic E-state index is 12.1. The molecule has 1 aliphatic carbocycles. The number of aliphatic hydroxyl groups is 1. The van der Waals surface area contributed by atoms with Crippen molar-refractivity contribution in [2.75, 3.05) is 19.8 Å². The van der Waals surface area contributed by atoms with Crippen LogP contribution in [0, 0.1) is 5.92 Å². The Kier molecular flexibility index (Phi) is 6.44. The van der Waals surface area contributed by atoms with Crippen LogP contribution in [0.5, 0.6) is 5.88 Å². The average Bonchev–Trinajstić information content (AvgIpc) is 3.46. The molecule has 4 rings (SSSR count). The topological polar surface area (TPSA) is 102 Å². The predicted octanol–water partition coefficient (Wildman–Crippen LogP) is 2.36. The lowest BCUT2D eigenvalue weighted by molar-refractivity contribution is -0.120. The second kappa shape index (κ2) is 9.40. The van der Waals surface area contributed by atoms with Gasteiger partial charge in [-0.25, -0.2) is 4.98 Å². The molecular formula is C21H24ClN5O3. The lowest BCUT2D eigenvalue weighted by Crippen LogP contribution is -2.26. The molecule has 3 aromatic heterocycles. The van der Waals surface area contributed by atoms with E-state index in [2.05, 4.69) is 20.4 Å². The summed E-state index contributed by atoms with van der Waals surface area (Å²) in [6, 6.07) is 3.66. The maximum atomic E-state index is 12.1. The summed E-state index contributed by atoms with van der Waals surface area (Å²) >= 11 is 6.33. The third-order valence-electron chi connectivity index (χ3n) is 4.91. The van der Waals surface area contributed by atoms with Gasteiger partial charge in [-0.15, -0.1) is 0 Å². The zero-order valence-corrected chi connectivity index (χ0v) is 17.3. The molecule has 1 saturated carbocycles. The number of carbonyl (C=O) groups is 1. The summed E-state index contributed by atoms with van der Waals surface area (Å²) in [5.41, 5.74) is 2.34. The van der Waals surface area contributed by atoms with Crippen LogP contribution in [0.15, 0.2) is 30.7 Å². The molecule has 0 spiro atoms. The second-order valence-corrected chi connectivity index (χ2v) is 7.91. The number of nitrogens with one attached hydrogen (secondary N) is 1. The quantitative estimate of drug-likeness (QED) is 0.480. The third kappa shape index (κ3) is 5.25. The molecule has 0 aliphatic heterocycles. The second-order valence-electron chi connectivity index (χ2n) is 7.51. The minimum absolute atomic E-state index is 0.0490. The van der Waals surface area contributed by atoms with Crippen LogP contribution < -0.4 is 10.1 Å². The number of carbonyl (C=O) groups excluding carboxylic acids is 1. The highest BCUT2D eigenvalue weighted by molar-refractivity contribution is 6.31. The van der Waals surface area contributed by atoms with Gasteiger partial charge in [0.05, 0.1) is 30.8 Å². The van der Waals surface area contributed by atoms with E-state index in [4.69, 9.17) is 21.4 Å². The first kappa shape index (κ1) is 20.6. The van der Waals surface area contributed by atoms with Crippen LogP contribution in [-0.2, 0) is 17.8 Å². The Morgan fingerprint density at radius 3 is 3.00 bits per heavy atom. The fourth-order valence-corrected chi connectivity index (χ4v) is 3.36. The molecule has 9 heteroatoms. The number of amides is 1. The van der Waals surface area contributed by atoms with Crippen LogP contribution in [0.3, 0.4) is 0 Å². The van der Waals surface area contributed by atoms with Gasteiger partial charge in [-0.05, 0) is 42.9 Å². The zero-order valence-electron chi connectivity index (χ0n) is 16.6. The number of hydrogen-bond acceptors (Lipinski definition) is 6. The normalized spacial score (nSPS) is 13.5. The van der Waals surface area contributed by atoms with Gasteiger partial charge < -0.3 is 15.2 Å². The first-order valence-corrected chi connectivity index (χ1v) is 10.5. The van der Waals surface area contributed by atoms with Crippen LogP contribution in [0.4, 0.5) is 0 Å². The monoisotopic (exact) mass is 429 g/mol. The highest BCUT2D eigenvalue weighted by Gasteiger charge is 2.22. The Labute approximate surface area is 179 Å². The van der Waals surface area contributed by atoms with E-state index >= 15 is 0 Å². The number of fused-ring (bicyclic) bond motifs is 1. The molecule has 1 amide bonds. The van der Waals surface area contributed by atoms with Crippen molar-refractivity contribution in [3.8, 4) is 5.88 Å². The van der Waals surface area contributed by atoms with Gasteiger partial charge >= 0.3 is 0 Å². The largest absolute Gasteiger partial charge is 0.476 e. The molecule has 8 nitrogen and oxygen atoms in total. The van der Waals surface area contributed by atoms with E-state index in [0.29, 0.717) is 48.6 Å².